The van der Waals surface area contributed by atoms with Crippen molar-refractivity contribution < 1.29 is 14.3 Å². The van der Waals surface area contributed by atoms with E-state index in [0.29, 0.717) is 24.2 Å². The molecule has 34 heavy (non-hydrogen) atoms. The Balaban J connectivity index is 1.43. The van der Waals surface area contributed by atoms with Crippen LogP contribution in [0.2, 0.25) is 0 Å². The molecule has 0 unspecified atom stereocenters. The second-order valence-electron chi connectivity index (χ2n) is 7.92. The van der Waals surface area contributed by atoms with Gasteiger partial charge in [-0.2, -0.15) is 0 Å². The first-order valence-electron chi connectivity index (χ1n) is 10.9. The molecule has 1 aliphatic heterocycles. The minimum absolute atomic E-state index is 0.187. The molecule has 4 aromatic rings. The van der Waals surface area contributed by atoms with Crippen LogP contribution < -0.4 is 5.32 Å². The number of benzene rings is 4. The summed E-state index contributed by atoms with van der Waals surface area (Å²) in [5.41, 5.74) is 4.67. The standard InChI is InChI=1S/C28H21FN2O2S/c29-21-11-8-19(9-12-21)27-23-6-1-2-7-25(23)34-26-13-10-20(17-24(26)31-27)28(33)30-15-14-18-4-3-5-22(32)16-18/h1-13,16-17,32H,14-15H2,(H,30,33). The lowest BCUT2D eigenvalue weighted by Crippen LogP contribution is -2.25. The highest BCUT2D eigenvalue weighted by Gasteiger charge is 2.20. The first-order valence-corrected chi connectivity index (χ1v) is 11.7. The summed E-state index contributed by atoms with van der Waals surface area (Å²) in [5.74, 6) is -0.276. The lowest BCUT2D eigenvalue weighted by molar-refractivity contribution is 0.0954. The van der Waals surface area contributed by atoms with Crippen molar-refractivity contribution >= 4 is 29.1 Å². The third kappa shape index (κ3) is 4.72. The molecule has 0 aliphatic carbocycles. The van der Waals surface area contributed by atoms with Crippen molar-refractivity contribution in [3.05, 3.63) is 119 Å². The summed E-state index contributed by atoms with van der Waals surface area (Å²) in [6.07, 6.45) is 0.614. The van der Waals surface area contributed by atoms with E-state index in [1.165, 1.54) is 12.1 Å². The molecule has 0 bridgehead atoms. The zero-order valence-corrected chi connectivity index (χ0v) is 19.0. The molecule has 0 atom stereocenters. The van der Waals surface area contributed by atoms with Crippen molar-refractivity contribution in [3.63, 3.8) is 0 Å². The smallest absolute Gasteiger partial charge is 0.251 e. The molecule has 1 amide bonds. The van der Waals surface area contributed by atoms with Crippen LogP contribution in [-0.2, 0) is 6.42 Å². The van der Waals surface area contributed by atoms with Crippen LogP contribution in [0, 0.1) is 5.82 Å². The van der Waals surface area contributed by atoms with Crippen LogP contribution in [0.15, 0.2) is 106 Å². The number of halogens is 1. The number of carbonyl (C=O) groups excluding carboxylic acids is 1. The van der Waals surface area contributed by atoms with Gasteiger partial charge in [0.15, 0.2) is 0 Å². The molecule has 168 valence electrons. The molecule has 6 heteroatoms. The van der Waals surface area contributed by atoms with Crippen molar-refractivity contribution in [2.45, 2.75) is 16.2 Å². The van der Waals surface area contributed by atoms with Gasteiger partial charge in [0.25, 0.3) is 5.91 Å². The highest BCUT2D eigenvalue weighted by molar-refractivity contribution is 7.99. The van der Waals surface area contributed by atoms with Gasteiger partial charge in [0.2, 0.25) is 0 Å². The summed E-state index contributed by atoms with van der Waals surface area (Å²) < 4.78 is 13.5. The molecule has 1 heterocycles. The third-order valence-electron chi connectivity index (χ3n) is 5.54. The molecule has 0 fully saturated rings. The second-order valence-corrected chi connectivity index (χ2v) is 9.01. The van der Waals surface area contributed by atoms with Gasteiger partial charge in [-0.05, 0) is 72.6 Å². The number of fused-ring (bicyclic) bond motifs is 2. The fourth-order valence-corrected chi connectivity index (χ4v) is 4.85. The zero-order chi connectivity index (χ0) is 23.5. The van der Waals surface area contributed by atoms with E-state index in [1.54, 1.807) is 54.2 Å². The number of nitrogens with one attached hydrogen (secondary N) is 1. The maximum absolute atomic E-state index is 13.5. The Bertz CT molecular complexity index is 1400. The average molecular weight is 469 g/mol. The Morgan fingerprint density at radius 3 is 2.56 bits per heavy atom. The van der Waals surface area contributed by atoms with Gasteiger partial charge in [0.05, 0.1) is 11.4 Å². The van der Waals surface area contributed by atoms with E-state index in [2.05, 4.69) is 5.32 Å². The van der Waals surface area contributed by atoms with Crippen LogP contribution in [0.3, 0.4) is 0 Å². The van der Waals surface area contributed by atoms with Gasteiger partial charge < -0.3 is 10.4 Å². The van der Waals surface area contributed by atoms with Crippen LogP contribution in [-0.4, -0.2) is 23.3 Å². The third-order valence-corrected chi connectivity index (χ3v) is 6.68. The molecular weight excluding hydrogens is 447 g/mol. The summed E-state index contributed by atoms with van der Waals surface area (Å²) in [4.78, 5) is 19.7. The normalized spacial score (nSPS) is 12.2. The SMILES string of the molecule is O=C(NCCc1cccc(O)c1)c1ccc2c(c1)N=C(c1ccc(F)cc1)c1ccccc1S2. The number of hydrogen-bond donors (Lipinski definition) is 2. The maximum atomic E-state index is 13.5. The van der Waals surface area contributed by atoms with E-state index < -0.39 is 0 Å². The molecule has 4 nitrogen and oxygen atoms in total. The highest BCUT2D eigenvalue weighted by atomic mass is 32.2. The summed E-state index contributed by atoms with van der Waals surface area (Å²) in [6, 6.07) is 26.8. The van der Waals surface area contributed by atoms with E-state index >= 15 is 0 Å². The molecule has 1 aliphatic rings. The summed E-state index contributed by atoms with van der Waals surface area (Å²) in [5, 5.41) is 12.5. The molecule has 0 saturated heterocycles. The number of phenols is 1. The topological polar surface area (TPSA) is 61.7 Å². The highest BCUT2D eigenvalue weighted by Crippen LogP contribution is 2.41. The summed E-state index contributed by atoms with van der Waals surface area (Å²) in [7, 11) is 0. The van der Waals surface area contributed by atoms with Crippen LogP contribution in [0.4, 0.5) is 10.1 Å². The second kappa shape index (κ2) is 9.53. The molecule has 0 spiro atoms. The van der Waals surface area contributed by atoms with Crippen molar-refractivity contribution in [2.75, 3.05) is 6.54 Å². The minimum Gasteiger partial charge on any atom is -0.508 e. The average Bonchev–Trinajstić information content (AvgIpc) is 3.01. The Kier molecular flexibility index (Phi) is 6.14. The predicted molar refractivity (Wildman–Crippen MR) is 133 cm³/mol. The Morgan fingerprint density at radius 1 is 0.912 bits per heavy atom. The number of aromatic hydroxyl groups is 1. The van der Waals surface area contributed by atoms with E-state index in [9.17, 15) is 14.3 Å². The van der Waals surface area contributed by atoms with E-state index in [0.717, 1.165) is 32.2 Å². The summed E-state index contributed by atoms with van der Waals surface area (Å²) >= 11 is 1.60. The van der Waals surface area contributed by atoms with Gasteiger partial charge in [-0.25, -0.2) is 9.38 Å². The molecular formula is C28H21FN2O2S. The first-order chi connectivity index (χ1) is 16.6. The summed E-state index contributed by atoms with van der Waals surface area (Å²) in [6.45, 7) is 0.448. The van der Waals surface area contributed by atoms with Crippen molar-refractivity contribution in [1.29, 1.82) is 0 Å². The fraction of sp³-hybridized carbons (Fsp3) is 0.0714. The van der Waals surface area contributed by atoms with Gasteiger partial charge in [-0.15, -0.1) is 0 Å². The van der Waals surface area contributed by atoms with Gasteiger partial charge in [0.1, 0.15) is 11.6 Å². The van der Waals surface area contributed by atoms with Crippen molar-refractivity contribution in [1.82, 2.24) is 5.32 Å². The molecule has 0 saturated carbocycles. The first kappa shape index (κ1) is 21.9. The van der Waals surface area contributed by atoms with E-state index in [4.69, 9.17) is 4.99 Å². The number of amides is 1. The van der Waals surface area contributed by atoms with Crippen molar-refractivity contribution in [3.8, 4) is 5.75 Å². The largest absolute Gasteiger partial charge is 0.508 e. The lowest BCUT2D eigenvalue weighted by atomic mass is 10.0. The number of carbonyl (C=O) groups is 1. The number of phenolic OH excluding ortho intramolecular Hbond substituents is 1. The molecule has 4 aromatic carbocycles. The predicted octanol–water partition coefficient (Wildman–Crippen LogP) is 6.14. The zero-order valence-electron chi connectivity index (χ0n) is 18.2. The lowest BCUT2D eigenvalue weighted by Gasteiger charge is -2.09. The van der Waals surface area contributed by atoms with Crippen LogP contribution in [0.25, 0.3) is 0 Å². The van der Waals surface area contributed by atoms with E-state index in [1.807, 2.05) is 36.4 Å². The quantitative estimate of drug-likeness (QED) is 0.326. The van der Waals surface area contributed by atoms with Gasteiger partial charge in [-0.3, -0.25) is 4.79 Å². The number of aliphatic imine (C=N–C) groups is 1. The number of rotatable bonds is 5. The molecule has 2 N–H and O–H groups in total. The molecule has 0 aromatic heterocycles. The van der Waals surface area contributed by atoms with Crippen molar-refractivity contribution in [2.24, 2.45) is 4.99 Å². The monoisotopic (exact) mass is 468 g/mol. The van der Waals surface area contributed by atoms with E-state index in [-0.39, 0.29) is 17.5 Å². The van der Waals surface area contributed by atoms with Crippen LogP contribution >= 0.6 is 11.8 Å². The maximum Gasteiger partial charge on any atom is 0.251 e. The fourth-order valence-electron chi connectivity index (χ4n) is 3.84. The van der Waals surface area contributed by atoms with Gasteiger partial charge >= 0.3 is 0 Å². The Morgan fingerprint density at radius 2 is 1.74 bits per heavy atom. The van der Waals surface area contributed by atoms with Gasteiger partial charge in [-0.1, -0.05) is 42.1 Å². The Hall–Kier alpha value is -3.90. The number of nitrogens with zero attached hydrogens (tertiary/aromatic N) is 1. The van der Waals surface area contributed by atoms with Crippen LogP contribution in [0.1, 0.15) is 27.0 Å². The Labute approximate surface area is 201 Å². The minimum atomic E-state index is -0.300. The molecule has 0 radical (unpaired) electrons. The van der Waals surface area contributed by atoms with Gasteiger partial charge in [0, 0.05) is 33.0 Å². The number of hydrogen-bond acceptors (Lipinski definition) is 4. The van der Waals surface area contributed by atoms with Crippen LogP contribution in [0.5, 0.6) is 5.75 Å². The molecule has 5 rings (SSSR count).